The lowest BCUT2D eigenvalue weighted by molar-refractivity contribution is 0.900. The first-order valence-corrected chi connectivity index (χ1v) is 2.80. The molecule has 0 aliphatic heterocycles. The highest BCUT2D eigenvalue weighted by atomic mass is 14.9. The van der Waals surface area contributed by atoms with Crippen LogP contribution in [0.3, 0.4) is 0 Å². The largest absolute Gasteiger partial charge is 0.354 e. The van der Waals surface area contributed by atoms with Crippen molar-refractivity contribution < 1.29 is 0 Å². The lowest BCUT2D eigenvalue weighted by Crippen LogP contribution is -1.87. The van der Waals surface area contributed by atoms with Gasteiger partial charge in [-0.3, -0.25) is 0 Å². The highest BCUT2D eigenvalue weighted by Crippen LogP contribution is 2.11. The van der Waals surface area contributed by atoms with Crippen molar-refractivity contribution in [1.29, 1.82) is 0 Å². The first-order valence-electron chi connectivity index (χ1n) is 2.80. The molecule has 9 heavy (non-hydrogen) atoms. The predicted octanol–water partition coefficient (Wildman–Crippen LogP) is 1.45. The Hall–Kier alpha value is -0.720. The van der Waals surface area contributed by atoms with Crippen molar-refractivity contribution in [3.63, 3.8) is 0 Å². The van der Waals surface area contributed by atoms with Crippen LogP contribution in [0.5, 0.6) is 0 Å². The molecule has 4 radical (unpaired) electrons. The topological polar surface area (TPSA) is 4.93 Å². The number of nitrogens with zero attached hydrogens (tertiary/aromatic N) is 1. The summed E-state index contributed by atoms with van der Waals surface area (Å²) in [4.78, 5) is 0. The smallest absolute Gasteiger partial charge is 0.0254 e. The SMILES string of the molecule is [CH]c1c(C)cn(C)c1[CH]. The summed E-state index contributed by atoms with van der Waals surface area (Å²) in [5, 5.41) is 0. The van der Waals surface area contributed by atoms with Gasteiger partial charge in [0.1, 0.15) is 0 Å². The van der Waals surface area contributed by atoms with Crippen molar-refractivity contribution in [3.8, 4) is 0 Å². The maximum atomic E-state index is 5.56. The van der Waals surface area contributed by atoms with Crippen LogP contribution in [0, 0.1) is 20.8 Å². The van der Waals surface area contributed by atoms with Crippen molar-refractivity contribution in [3.05, 3.63) is 36.9 Å². The highest BCUT2D eigenvalue weighted by molar-refractivity contribution is 5.35. The van der Waals surface area contributed by atoms with Crippen molar-refractivity contribution in [2.24, 2.45) is 7.05 Å². The molecule has 0 aromatic carbocycles. The molecule has 0 amide bonds. The van der Waals surface area contributed by atoms with Crippen LogP contribution in [0.25, 0.3) is 0 Å². The van der Waals surface area contributed by atoms with Gasteiger partial charge in [-0.2, -0.15) is 0 Å². The minimum Gasteiger partial charge on any atom is -0.354 e. The van der Waals surface area contributed by atoms with Gasteiger partial charge in [0.25, 0.3) is 0 Å². The van der Waals surface area contributed by atoms with E-state index >= 15 is 0 Å². The quantitative estimate of drug-likeness (QED) is 0.487. The van der Waals surface area contributed by atoms with Crippen molar-refractivity contribution in [2.75, 3.05) is 0 Å². The number of rotatable bonds is 0. The van der Waals surface area contributed by atoms with Gasteiger partial charge in [0.15, 0.2) is 0 Å². The van der Waals surface area contributed by atoms with Crippen LogP contribution in [-0.2, 0) is 7.05 Å². The van der Waals surface area contributed by atoms with Crippen LogP contribution in [-0.4, -0.2) is 4.57 Å². The van der Waals surface area contributed by atoms with Gasteiger partial charge in [-0.25, -0.2) is 0 Å². The Morgan fingerprint density at radius 1 is 1.44 bits per heavy atom. The standard InChI is InChI=1S/C8H9N/c1-6-5-9(4)8(3)7(6)2/h2-3,5H,1,4H3. The second kappa shape index (κ2) is 1.90. The third-order valence-electron chi connectivity index (χ3n) is 1.47. The fourth-order valence-electron chi connectivity index (χ4n) is 0.822. The van der Waals surface area contributed by atoms with Gasteiger partial charge in [0.05, 0.1) is 0 Å². The second-order valence-corrected chi connectivity index (χ2v) is 2.22. The predicted molar refractivity (Wildman–Crippen MR) is 37.0 cm³/mol. The number of aromatic nitrogens is 1. The molecule has 0 unspecified atom stereocenters. The monoisotopic (exact) mass is 119 g/mol. The van der Waals surface area contributed by atoms with Gasteiger partial charge in [0, 0.05) is 32.8 Å². The molecule has 0 aliphatic rings. The second-order valence-electron chi connectivity index (χ2n) is 2.22. The molecule has 1 heteroatoms. The fourth-order valence-corrected chi connectivity index (χ4v) is 0.822. The van der Waals surface area contributed by atoms with E-state index < -0.39 is 0 Å². The van der Waals surface area contributed by atoms with Gasteiger partial charge >= 0.3 is 0 Å². The Morgan fingerprint density at radius 3 is 2.11 bits per heavy atom. The van der Waals surface area contributed by atoms with Crippen LogP contribution in [0.4, 0.5) is 0 Å². The molecule has 0 fully saturated rings. The zero-order valence-electron chi connectivity index (χ0n) is 5.68. The van der Waals surface area contributed by atoms with Crippen LogP contribution in [0.15, 0.2) is 6.20 Å². The van der Waals surface area contributed by atoms with E-state index in [1.165, 1.54) is 0 Å². The summed E-state index contributed by atoms with van der Waals surface area (Å²) in [7, 11) is 1.87. The Bertz CT molecular complexity index is 198. The van der Waals surface area contributed by atoms with E-state index in [0.29, 0.717) is 11.3 Å². The molecular formula is C8H9N. The normalized spacial score (nSPS) is 10.2. The molecule has 0 saturated heterocycles. The molecule has 1 nitrogen and oxygen atoms in total. The van der Waals surface area contributed by atoms with Gasteiger partial charge in [-0.05, 0) is 18.1 Å². The Labute approximate surface area is 56.3 Å². The number of hydrogen-bond donors (Lipinski definition) is 0. The molecule has 1 aromatic heterocycles. The molecule has 1 rings (SSSR count). The maximum absolute atomic E-state index is 5.56. The van der Waals surface area contributed by atoms with Crippen LogP contribution in [0.2, 0.25) is 0 Å². The zero-order valence-corrected chi connectivity index (χ0v) is 5.68. The fraction of sp³-hybridized carbons (Fsp3) is 0.250. The van der Waals surface area contributed by atoms with E-state index in [9.17, 15) is 0 Å². The molecule has 0 saturated carbocycles. The van der Waals surface area contributed by atoms with Gasteiger partial charge < -0.3 is 4.57 Å². The van der Waals surface area contributed by atoms with Crippen molar-refractivity contribution in [1.82, 2.24) is 4.57 Å². The van der Waals surface area contributed by atoms with Crippen LogP contribution >= 0.6 is 0 Å². The van der Waals surface area contributed by atoms with E-state index in [-0.39, 0.29) is 0 Å². The number of hydrogen-bond acceptors (Lipinski definition) is 0. The molecule has 0 atom stereocenters. The summed E-state index contributed by atoms with van der Waals surface area (Å²) < 4.78 is 1.81. The molecule has 0 aliphatic carbocycles. The summed E-state index contributed by atoms with van der Waals surface area (Å²) in [5.41, 5.74) is 2.38. The molecular weight excluding hydrogens is 110 g/mol. The Balaban J connectivity index is 3.29. The van der Waals surface area contributed by atoms with Gasteiger partial charge in [0.2, 0.25) is 0 Å². The zero-order chi connectivity index (χ0) is 7.02. The summed E-state index contributed by atoms with van der Waals surface area (Å²) in [6, 6.07) is 0. The van der Waals surface area contributed by atoms with E-state index in [1.54, 1.807) is 0 Å². The summed E-state index contributed by atoms with van der Waals surface area (Å²) in [6.07, 6.45) is 1.91. The first-order chi connectivity index (χ1) is 4.13. The third kappa shape index (κ3) is 0.869. The van der Waals surface area contributed by atoms with Crippen molar-refractivity contribution >= 4 is 0 Å². The minimum atomic E-state index is 0.646. The molecule has 46 valence electrons. The van der Waals surface area contributed by atoms with Crippen LogP contribution in [0.1, 0.15) is 16.8 Å². The van der Waals surface area contributed by atoms with E-state index in [0.717, 1.165) is 5.56 Å². The molecule has 0 N–H and O–H groups in total. The Kier molecular flexibility index (Phi) is 1.35. The average Bonchev–Trinajstić information content (AvgIpc) is 1.98. The van der Waals surface area contributed by atoms with Gasteiger partial charge in [-0.15, -0.1) is 0 Å². The van der Waals surface area contributed by atoms with Gasteiger partial charge in [-0.1, -0.05) is 0 Å². The highest BCUT2D eigenvalue weighted by Gasteiger charge is 2.00. The Morgan fingerprint density at radius 2 is 2.00 bits per heavy atom. The molecule has 1 heterocycles. The van der Waals surface area contributed by atoms with E-state index in [4.69, 9.17) is 13.8 Å². The van der Waals surface area contributed by atoms with E-state index in [2.05, 4.69) is 0 Å². The summed E-state index contributed by atoms with van der Waals surface area (Å²) >= 11 is 0. The lowest BCUT2D eigenvalue weighted by atomic mass is 10.2. The first kappa shape index (κ1) is 6.40. The molecule has 1 aromatic rings. The van der Waals surface area contributed by atoms with E-state index in [1.807, 2.05) is 24.7 Å². The van der Waals surface area contributed by atoms with Crippen molar-refractivity contribution in [2.45, 2.75) is 6.92 Å². The summed E-state index contributed by atoms with van der Waals surface area (Å²) in [6.45, 7) is 13.0. The maximum Gasteiger partial charge on any atom is 0.0254 e. The summed E-state index contributed by atoms with van der Waals surface area (Å²) in [5.74, 6) is 0. The molecule has 0 spiro atoms. The molecule has 0 bridgehead atoms. The number of aryl methyl sites for hydroxylation is 2. The third-order valence-corrected chi connectivity index (χ3v) is 1.47. The van der Waals surface area contributed by atoms with Crippen LogP contribution < -0.4 is 0 Å². The average molecular weight is 119 g/mol. The lowest BCUT2D eigenvalue weighted by Gasteiger charge is -1.92. The minimum absolute atomic E-state index is 0.646.